The van der Waals surface area contributed by atoms with E-state index < -0.39 is 18.0 Å². The molecule has 1 aliphatic rings. The number of halogens is 1. The van der Waals surface area contributed by atoms with Gasteiger partial charge in [0.25, 0.3) is 5.56 Å². The lowest BCUT2D eigenvalue weighted by Crippen LogP contribution is -2.39. The minimum atomic E-state index is -0.743. The number of aromatic nitrogens is 1. The number of carbonyl (C=O) groups excluding carboxylic acids is 2. The zero-order valence-electron chi connectivity index (χ0n) is 18.0. The molecular formula is C24H19ClN2O5S. The average molecular weight is 483 g/mol. The van der Waals surface area contributed by atoms with Gasteiger partial charge in [0.15, 0.2) is 4.80 Å². The highest BCUT2D eigenvalue weighted by atomic mass is 35.5. The number of hydrogen-bond donors (Lipinski definition) is 0. The molecule has 0 aliphatic carbocycles. The van der Waals surface area contributed by atoms with E-state index in [1.54, 1.807) is 49.4 Å². The van der Waals surface area contributed by atoms with Crippen LogP contribution in [0.2, 0.25) is 5.02 Å². The molecule has 0 saturated carbocycles. The second-order valence-electron chi connectivity index (χ2n) is 7.29. The first-order valence-corrected chi connectivity index (χ1v) is 11.1. The van der Waals surface area contributed by atoms with Crippen molar-refractivity contribution in [1.29, 1.82) is 0 Å². The Bertz CT molecular complexity index is 1450. The molecule has 0 radical (unpaired) electrons. The van der Waals surface area contributed by atoms with Crippen molar-refractivity contribution in [2.75, 3.05) is 7.11 Å². The third-order valence-electron chi connectivity index (χ3n) is 5.05. The Morgan fingerprint density at radius 1 is 1.12 bits per heavy atom. The topological polar surface area (TPSA) is 87.0 Å². The third kappa shape index (κ3) is 4.53. The summed E-state index contributed by atoms with van der Waals surface area (Å²) in [6.07, 6.45) is 1.76. The molecule has 1 atom stereocenters. The molecule has 0 unspecified atom stereocenters. The number of thiazole rings is 1. The number of allylic oxidation sites excluding steroid dienone is 1. The average Bonchev–Trinajstić information content (AvgIpc) is 3.08. The van der Waals surface area contributed by atoms with Crippen molar-refractivity contribution in [1.82, 2.24) is 4.57 Å². The number of rotatable bonds is 4. The van der Waals surface area contributed by atoms with E-state index in [1.807, 2.05) is 12.1 Å². The predicted molar refractivity (Wildman–Crippen MR) is 125 cm³/mol. The molecule has 1 aromatic heterocycles. The molecule has 2 aromatic carbocycles. The van der Waals surface area contributed by atoms with Crippen LogP contribution in [-0.4, -0.2) is 23.6 Å². The minimum absolute atomic E-state index is 0.267. The van der Waals surface area contributed by atoms with E-state index in [9.17, 15) is 14.4 Å². The molecule has 2 heterocycles. The van der Waals surface area contributed by atoms with Gasteiger partial charge >= 0.3 is 11.9 Å². The van der Waals surface area contributed by atoms with Gasteiger partial charge in [0, 0.05) is 11.9 Å². The van der Waals surface area contributed by atoms with Gasteiger partial charge in [-0.25, -0.2) is 9.79 Å². The van der Waals surface area contributed by atoms with Crippen LogP contribution in [-0.2, 0) is 14.3 Å². The fourth-order valence-corrected chi connectivity index (χ4v) is 4.78. The summed E-state index contributed by atoms with van der Waals surface area (Å²) in [6, 6.07) is 13.0. The maximum absolute atomic E-state index is 13.5. The molecule has 0 fully saturated rings. The maximum Gasteiger partial charge on any atom is 0.338 e. The molecule has 33 heavy (non-hydrogen) atoms. The molecule has 4 rings (SSSR count). The lowest BCUT2D eigenvalue weighted by atomic mass is 9.96. The van der Waals surface area contributed by atoms with Crippen molar-refractivity contribution < 1.29 is 19.1 Å². The van der Waals surface area contributed by atoms with Crippen LogP contribution in [0.3, 0.4) is 0 Å². The second kappa shape index (κ2) is 9.17. The monoisotopic (exact) mass is 482 g/mol. The molecule has 0 N–H and O–H groups in total. The zero-order chi connectivity index (χ0) is 23.7. The van der Waals surface area contributed by atoms with E-state index in [4.69, 9.17) is 21.1 Å². The number of carbonyl (C=O) groups is 2. The molecular weight excluding hydrogens is 464 g/mol. The number of benzene rings is 2. The van der Waals surface area contributed by atoms with Crippen LogP contribution in [0.5, 0.6) is 5.75 Å². The maximum atomic E-state index is 13.5. The lowest BCUT2D eigenvalue weighted by Gasteiger charge is -2.24. The Kier molecular flexibility index (Phi) is 6.31. The Labute approximate surface area is 197 Å². The van der Waals surface area contributed by atoms with Gasteiger partial charge < -0.3 is 9.47 Å². The van der Waals surface area contributed by atoms with Crippen molar-refractivity contribution in [3.8, 4) is 5.75 Å². The van der Waals surface area contributed by atoms with Gasteiger partial charge in [-0.15, -0.1) is 0 Å². The van der Waals surface area contributed by atoms with Crippen LogP contribution >= 0.6 is 22.9 Å². The fraction of sp³-hybridized carbons (Fsp3) is 0.167. The summed E-state index contributed by atoms with van der Waals surface area (Å²) in [5, 5.41) is 0.601. The smallest absolute Gasteiger partial charge is 0.338 e. The number of ether oxygens (including phenoxy) is 2. The molecule has 0 amide bonds. The quantitative estimate of drug-likeness (QED) is 0.421. The first-order valence-electron chi connectivity index (χ1n) is 9.93. The van der Waals surface area contributed by atoms with E-state index in [0.717, 1.165) is 5.56 Å². The Balaban J connectivity index is 1.90. The normalized spacial score (nSPS) is 15.6. The van der Waals surface area contributed by atoms with Crippen LogP contribution in [0.15, 0.2) is 69.6 Å². The SMILES string of the molecule is COC(=O)C1=C(C)N=c2sc(=Cc3ccc(Cl)cc3)c(=O)n2[C@@H]1c1ccc(OC(C)=O)cc1. The van der Waals surface area contributed by atoms with E-state index in [2.05, 4.69) is 4.99 Å². The van der Waals surface area contributed by atoms with Crippen molar-refractivity contribution >= 4 is 41.0 Å². The van der Waals surface area contributed by atoms with Crippen LogP contribution in [0.1, 0.15) is 31.0 Å². The van der Waals surface area contributed by atoms with Crippen molar-refractivity contribution in [2.24, 2.45) is 4.99 Å². The number of nitrogens with zero attached hydrogens (tertiary/aromatic N) is 2. The summed E-state index contributed by atoms with van der Waals surface area (Å²) in [4.78, 5) is 42.4. The van der Waals surface area contributed by atoms with Crippen molar-refractivity contribution in [2.45, 2.75) is 19.9 Å². The summed E-state index contributed by atoms with van der Waals surface area (Å²) < 4.78 is 12.1. The molecule has 9 heteroatoms. The van der Waals surface area contributed by atoms with Crippen LogP contribution < -0.4 is 19.6 Å². The highest BCUT2D eigenvalue weighted by molar-refractivity contribution is 7.07. The van der Waals surface area contributed by atoms with Gasteiger partial charge in [0.1, 0.15) is 5.75 Å². The van der Waals surface area contributed by atoms with Crippen LogP contribution in [0.25, 0.3) is 6.08 Å². The van der Waals surface area contributed by atoms with Crippen molar-refractivity contribution in [3.63, 3.8) is 0 Å². The van der Waals surface area contributed by atoms with Gasteiger partial charge in [-0.05, 0) is 48.4 Å². The molecule has 1 aliphatic heterocycles. The largest absolute Gasteiger partial charge is 0.466 e. The Morgan fingerprint density at radius 3 is 2.39 bits per heavy atom. The summed E-state index contributed by atoms with van der Waals surface area (Å²) in [6.45, 7) is 3.02. The van der Waals surface area contributed by atoms with Crippen LogP contribution in [0.4, 0.5) is 0 Å². The van der Waals surface area contributed by atoms with Gasteiger partial charge in [-0.1, -0.05) is 47.2 Å². The minimum Gasteiger partial charge on any atom is -0.466 e. The summed E-state index contributed by atoms with van der Waals surface area (Å²) in [7, 11) is 1.29. The zero-order valence-corrected chi connectivity index (χ0v) is 19.6. The van der Waals surface area contributed by atoms with Crippen molar-refractivity contribution in [3.05, 3.63) is 95.6 Å². The summed E-state index contributed by atoms with van der Waals surface area (Å²) in [5.41, 5.74) is 1.92. The highest BCUT2D eigenvalue weighted by Gasteiger charge is 2.33. The second-order valence-corrected chi connectivity index (χ2v) is 8.73. The first-order chi connectivity index (χ1) is 15.8. The Hall–Kier alpha value is -3.49. The number of methoxy groups -OCH3 is 1. The van der Waals surface area contributed by atoms with Gasteiger partial charge in [-0.2, -0.15) is 0 Å². The van der Waals surface area contributed by atoms with Gasteiger partial charge in [0.05, 0.1) is 29.0 Å². The molecule has 0 bridgehead atoms. The van der Waals surface area contributed by atoms with Gasteiger partial charge in [0.2, 0.25) is 0 Å². The summed E-state index contributed by atoms with van der Waals surface area (Å²) >= 11 is 7.20. The fourth-order valence-electron chi connectivity index (χ4n) is 3.60. The van der Waals surface area contributed by atoms with E-state index in [0.29, 0.717) is 31.4 Å². The molecule has 0 saturated heterocycles. The van der Waals surface area contributed by atoms with E-state index >= 15 is 0 Å². The number of hydrogen-bond acceptors (Lipinski definition) is 7. The highest BCUT2D eigenvalue weighted by Crippen LogP contribution is 2.31. The third-order valence-corrected chi connectivity index (χ3v) is 6.29. The molecule has 0 spiro atoms. The lowest BCUT2D eigenvalue weighted by molar-refractivity contribution is -0.136. The molecule has 7 nitrogen and oxygen atoms in total. The standard InChI is InChI=1S/C24H19ClN2O5S/c1-13-20(23(30)31-3)21(16-6-10-18(11-7-16)32-14(2)28)27-22(29)19(33-24(27)26-13)12-15-4-8-17(25)9-5-15/h4-12,21H,1-3H3/t21-/m1/s1. The predicted octanol–water partition coefficient (Wildman–Crippen LogP) is 2.99. The number of fused-ring (bicyclic) bond motifs is 1. The van der Waals surface area contributed by atoms with E-state index in [1.165, 1.54) is 29.9 Å². The van der Waals surface area contributed by atoms with Gasteiger partial charge in [-0.3, -0.25) is 14.2 Å². The Morgan fingerprint density at radius 2 is 1.79 bits per heavy atom. The molecule has 168 valence electrons. The summed E-state index contributed by atoms with van der Waals surface area (Å²) in [5.74, 6) is -0.650. The first kappa shape index (κ1) is 22.7. The van der Waals surface area contributed by atoms with Crippen LogP contribution in [0, 0.1) is 0 Å². The van der Waals surface area contributed by atoms with E-state index in [-0.39, 0.29) is 11.1 Å². The number of esters is 2. The molecule has 3 aromatic rings.